The summed E-state index contributed by atoms with van der Waals surface area (Å²) in [5.41, 5.74) is 0.835. The van der Waals surface area contributed by atoms with Crippen molar-refractivity contribution in [2.75, 3.05) is 12.4 Å². The highest BCUT2D eigenvalue weighted by molar-refractivity contribution is 5.43. The molecule has 0 bridgehead atoms. The summed E-state index contributed by atoms with van der Waals surface area (Å²) < 4.78 is 5.07. The van der Waals surface area contributed by atoms with Crippen LogP contribution in [0.5, 0.6) is 11.6 Å². The number of aromatic hydroxyl groups is 1. The van der Waals surface area contributed by atoms with Gasteiger partial charge in [0.2, 0.25) is 5.88 Å². The number of ether oxygens (including phenoxy) is 1. The van der Waals surface area contributed by atoms with Crippen LogP contribution in [0.25, 0.3) is 0 Å². The number of benzene rings is 1. The first-order valence-electron chi connectivity index (χ1n) is 5.76. The predicted octanol–water partition coefficient (Wildman–Crippen LogP) is 2.97. The molecule has 2 N–H and O–H groups in total. The van der Waals surface area contributed by atoms with Gasteiger partial charge >= 0.3 is 0 Å². The molecule has 4 heteroatoms. The molecule has 2 aromatic rings. The summed E-state index contributed by atoms with van der Waals surface area (Å²) in [6, 6.07) is 12.7. The zero-order valence-electron chi connectivity index (χ0n) is 10.4. The second-order valence-corrected chi connectivity index (χ2v) is 3.99. The van der Waals surface area contributed by atoms with Crippen molar-refractivity contribution in [1.82, 2.24) is 4.98 Å². The Balaban J connectivity index is 2.16. The Kier molecular flexibility index (Phi) is 3.67. The van der Waals surface area contributed by atoms with Gasteiger partial charge in [-0.05, 0) is 19.1 Å². The molecule has 1 heterocycles. The summed E-state index contributed by atoms with van der Waals surface area (Å²) in [6.07, 6.45) is 0. The van der Waals surface area contributed by atoms with Gasteiger partial charge in [0.1, 0.15) is 11.6 Å². The van der Waals surface area contributed by atoms with Crippen LogP contribution in [-0.4, -0.2) is 17.2 Å². The summed E-state index contributed by atoms with van der Waals surface area (Å²) in [7, 11) is 1.58. The van der Waals surface area contributed by atoms with E-state index in [4.69, 9.17) is 4.74 Å². The summed E-state index contributed by atoms with van der Waals surface area (Å²) in [5.74, 6) is 1.55. The Labute approximate surface area is 106 Å². The maximum atomic E-state index is 9.77. The van der Waals surface area contributed by atoms with Crippen molar-refractivity contribution in [3.8, 4) is 11.6 Å². The van der Waals surface area contributed by atoms with Gasteiger partial charge in [-0.25, -0.2) is 0 Å². The van der Waals surface area contributed by atoms with Gasteiger partial charge in [0, 0.05) is 11.6 Å². The minimum atomic E-state index is -0.0363. The van der Waals surface area contributed by atoms with Gasteiger partial charge in [-0.15, -0.1) is 0 Å². The van der Waals surface area contributed by atoms with Crippen LogP contribution >= 0.6 is 0 Å². The van der Waals surface area contributed by atoms with Gasteiger partial charge in [-0.3, -0.25) is 0 Å². The van der Waals surface area contributed by atoms with Crippen LogP contribution in [0.15, 0.2) is 42.5 Å². The van der Waals surface area contributed by atoms with Crippen molar-refractivity contribution in [3.05, 3.63) is 48.0 Å². The minimum Gasteiger partial charge on any atom is -0.508 e. The molecule has 1 aromatic heterocycles. The largest absolute Gasteiger partial charge is 0.508 e. The van der Waals surface area contributed by atoms with Crippen molar-refractivity contribution in [2.45, 2.75) is 13.0 Å². The Morgan fingerprint density at radius 3 is 2.67 bits per heavy atom. The number of nitrogens with zero attached hydrogens (tertiary/aromatic N) is 1. The molecule has 0 aliphatic heterocycles. The van der Waals surface area contributed by atoms with E-state index in [9.17, 15) is 5.11 Å². The number of pyridine rings is 1. The average Bonchev–Trinajstić information content (AvgIpc) is 2.39. The van der Waals surface area contributed by atoms with Crippen molar-refractivity contribution >= 4 is 5.82 Å². The smallest absolute Gasteiger partial charge is 0.214 e. The number of hydrogen-bond donors (Lipinski definition) is 2. The van der Waals surface area contributed by atoms with E-state index in [1.807, 2.05) is 31.2 Å². The van der Waals surface area contributed by atoms with Crippen molar-refractivity contribution in [2.24, 2.45) is 0 Å². The van der Waals surface area contributed by atoms with E-state index in [1.165, 1.54) is 0 Å². The molecule has 18 heavy (non-hydrogen) atoms. The van der Waals surface area contributed by atoms with E-state index in [2.05, 4.69) is 10.3 Å². The van der Waals surface area contributed by atoms with Crippen LogP contribution in [0.4, 0.5) is 5.82 Å². The molecule has 0 radical (unpaired) electrons. The first-order chi connectivity index (χ1) is 8.70. The third-order valence-electron chi connectivity index (χ3n) is 2.70. The second kappa shape index (κ2) is 5.40. The molecule has 94 valence electrons. The van der Waals surface area contributed by atoms with Gasteiger partial charge in [-0.1, -0.05) is 24.3 Å². The lowest BCUT2D eigenvalue weighted by atomic mass is 10.1. The van der Waals surface area contributed by atoms with E-state index in [0.29, 0.717) is 11.7 Å². The maximum Gasteiger partial charge on any atom is 0.214 e. The van der Waals surface area contributed by atoms with Gasteiger partial charge in [0.25, 0.3) is 0 Å². The van der Waals surface area contributed by atoms with Crippen molar-refractivity contribution < 1.29 is 9.84 Å². The van der Waals surface area contributed by atoms with Crippen LogP contribution < -0.4 is 10.1 Å². The third kappa shape index (κ3) is 2.71. The molecular formula is C14H16N2O2. The van der Waals surface area contributed by atoms with Gasteiger partial charge in [-0.2, -0.15) is 4.98 Å². The average molecular weight is 244 g/mol. The molecule has 0 aliphatic rings. The van der Waals surface area contributed by atoms with E-state index in [0.717, 1.165) is 5.56 Å². The quantitative estimate of drug-likeness (QED) is 0.868. The molecule has 4 nitrogen and oxygen atoms in total. The first kappa shape index (κ1) is 12.2. The second-order valence-electron chi connectivity index (χ2n) is 3.99. The van der Waals surface area contributed by atoms with Crippen LogP contribution in [0.3, 0.4) is 0 Å². The van der Waals surface area contributed by atoms with Crippen LogP contribution in [0.1, 0.15) is 18.5 Å². The number of aromatic nitrogens is 1. The number of phenolic OH excluding ortho intramolecular Hbond substituents is 1. The summed E-state index contributed by atoms with van der Waals surface area (Å²) >= 11 is 0. The van der Waals surface area contributed by atoms with Crippen LogP contribution in [0, 0.1) is 0 Å². The highest BCUT2D eigenvalue weighted by Gasteiger charge is 2.10. The predicted molar refractivity (Wildman–Crippen MR) is 70.9 cm³/mol. The Hall–Kier alpha value is -2.23. The number of hydrogen-bond acceptors (Lipinski definition) is 4. The first-order valence-corrected chi connectivity index (χ1v) is 5.76. The summed E-state index contributed by atoms with van der Waals surface area (Å²) in [4.78, 5) is 4.27. The summed E-state index contributed by atoms with van der Waals surface area (Å²) in [6.45, 7) is 1.97. The number of methoxy groups -OCH3 is 1. The van der Waals surface area contributed by atoms with Crippen LogP contribution in [-0.2, 0) is 0 Å². The number of para-hydroxylation sites is 1. The van der Waals surface area contributed by atoms with E-state index < -0.39 is 0 Å². The Morgan fingerprint density at radius 2 is 1.94 bits per heavy atom. The van der Waals surface area contributed by atoms with Crippen molar-refractivity contribution in [1.29, 1.82) is 0 Å². The van der Waals surface area contributed by atoms with E-state index in [-0.39, 0.29) is 11.8 Å². The molecule has 0 spiro atoms. The van der Waals surface area contributed by atoms with Crippen LogP contribution in [0.2, 0.25) is 0 Å². The molecule has 0 aliphatic carbocycles. The molecule has 1 atom stereocenters. The lowest BCUT2D eigenvalue weighted by Crippen LogP contribution is -2.08. The molecule has 0 saturated heterocycles. The fourth-order valence-electron chi connectivity index (χ4n) is 1.76. The molecule has 2 rings (SSSR count). The fourth-order valence-corrected chi connectivity index (χ4v) is 1.76. The van der Waals surface area contributed by atoms with Gasteiger partial charge < -0.3 is 15.2 Å². The van der Waals surface area contributed by atoms with Gasteiger partial charge in [0.05, 0.1) is 13.2 Å². The molecule has 1 aromatic carbocycles. The molecule has 1 unspecified atom stereocenters. The number of rotatable bonds is 4. The SMILES string of the molecule is COc1cccc(NC(C)c2ccccc2O)n1. The molecular weight excluding hydrogens is 228 g/mol. The molecule has 0 saturated carbocycles. The number of phenols is 1. The highest BCUT2D eigenvalue weighted by atomic mass is 16.5. The number of anilines is 1. The monoisotopic (exact) mass is 244 g/mol. The lowest BCUT2D eigenvalue weighted by Gasteiger charge is -2.16. The van der Waals surface area contributed by atoms with E-state index in [1.54, 1.807) is 25.3 Å². The lowest BCUT2D eigenvalue weighted by molar-refractivity contribution is 0.398. The highest BCUT2D eigenvalue weighted by Crippen LogP contribution is 2.26. The van der Waals surface area contributed by atoms with E-state index >= 15 is 0 Å². The Bertz CT molecular complexity index is 529. The minimum absolute atomic E-state index is 0.0363. The standard InChI is InChI=1S/C14H16N2O2/c1-10(11-6-3-4-7-12(11)17)15-13-8-5-9-14(16-13)18-2/h3-10,17H,1-2H3,(H,15,16). The zero-order chi connectivity index (χ0) is 13.0. The topological polar surface area (TPSA) is 54.4 Å². The normalized spacial score (nSPS) is 11.9. The number of nitrogens with one attached hydrogen (secondary N) is 1. The summed E-state index contributed by atoms with van der Waals surface area (Å²) in [5, 5.41) is 13.0. The molecule has 0 amide bonds. The third-order valence-corrected chi connectivity index (χ3v) is 2.70. The molecule has 0 fully saturated rings. The van der Waals surface area contributed by atoms with Crippen molar-refractivity contribution in [3.63, 3.8) is 0 Å². The fraction of sp³-hybridized carbons (Fsp3) is 0.214. The zero-order valence-corrected chi connectivity index (χ0v) is 10.4. The van der Waals surface area contributed by atoms with Gasteiger partial charge in [0.15, 0.2) is 0 Å². The Morgan fingerprint density at radius 1 is 1.17 bits per heavy atom. The maximum absolute atomic E-state index is 9.77.